The second kappa shape index (κ2) is 38.5. The molecular weight excluding hydrogens is 1260 g/mol. The number of nitrogens with one attached hydrogen (secondary N) is 11. The number of carboxylic acid groups (broad SMARTS) is 1. The molecule has 0 unspecified atom stereocenters. The SMILES string of the molecule is CC[C@H](C)[C@H](NC(=O)[C@@H]1CCCN1C(=O)CNC(=O)[C@@H]1CCCN1C(=O)[C@H](CC(C)C)NC(=O)[C@@H](NC(=O)[C@@H](NC(=O)[C@@H](NC(=O)[C@@H](NC(=O)[C@@H]1CCCN1C(=O)[C@H](CO)NC(=O)[C@@H]1CCCN1)C(C)C)C(C)C)C(C)C)[C@@H](C)O)C(=O)N[C@@H](CC(C)C)C(=O)N[C@@H](CO)C(=O)O. The van der Waals surface area contributed by atoms with Gasteiger partial charge in [-0.25, -0.2) is 4.79 Å². The zero-order chi connectivity index (χ0) is 72.9. The summed E-state index contributed by atoms with van der Waals surface area (Å²) in [5, 5.41) is 69.1. The minimum Gasteiger partial charge on any atom is -0.480 e. The molecule has 4 heterocycles. The van der Waals surface area contributed by atoms with Gasteiger partial charge < -0.3 is 93.6 Å². The molecule has 97 heavy (non-hydrogen) atoms. The molecule has 0 bridgehead atoms. The van der Waals surface area contributed by atoms with E-state index in [1.54, 1.807) is 83.1 Å². The van der Waals surface area contributed by atoms with Gasteiger partial charge >= 0.3 is 5.97 Å². The molecule has 15 atom stereocenters. The minimum absolute atomic E-state index is 0.0512. The third-order valence-electron chi connectivity index (χ3n) is 18.2. The van der Waals surface area contributed by atoms with Gasteiger partial charge in [-0.05, 0) is 113 Å². The zero-order valence-corrected chi connectivity index (χ0v) is 58.6. The van der Waals surface area contributed by atoms with Crippen LogP contribution >= 0.6 is 0 Å². The first kappa shape index (κ1) is 81.8. The first-order chi connectivity index (χ1) is 45.6. The molecule has 4 fully saturated rings. The van der Waals surface area contributed by atoms with Crippen LogP contribution in [0.15, 0.2) is 0 Å². The average molecular weight is 1380 g/mol. The Balaban J connectivity index is 1.40. The Morgan fingerprint density at radius 3 is 1.28 bits per heavy atom. The van der Waals surface area contributed by atoms with Crippen molar-refractivity contribution in [3.63, 3.8) is 0 Å². The normalized spacial score (nSPS) is 21.3. The van der Waals surface area contributed by atoms with E-state index in [0.717, 1.165) is 6.42 Å². The van der Waals surface area contributed by atoms with Gasteiger partial charge in [0.25, 0.3) is 0 Å². The van der Waals surface area contributed by atoms with E-state index < -0.39 is 211 Å². The summed E-state index contributed by atoms with van der Waals surface area (Å²) in [5.41, 5.74) is 0. The molecule has 4 saturated heterocycles. The van der Waals surface area contributed by atoms with Crippen molar-refractivity contribution in [2.45, 2.75) is 245 Å². The molecule has 32 nitrogen and oxygen atoms in total. The molecule has 13 amide bonds. The van der Waals surface area contributed by atoms with Crippen LogP contribution in [-0.4, -0.2) is 248 Å². The number of aliphatic hydroxyl groups excluding tert-OH is 3. The van der Waals surface area contributed by atoms with E-state index in [2.05, 4.69) is 58.5 Å². The highest BCUT2D eigenvalue weighted by atomic mass is 16.4. The van der Waals surface area contributed by atoms with Gasteiger partial charge in [0.05, 0.1) is 31.9 Å². The first-order valence-corrected chi connectivity index (χ1v) is 34.4. The summed E-state index contributed by atoms with van der Waals surface area (Å²) in [6.45, 7) is 20.6. The van der Waals surface area contributed by atoms with Gasteiger partial charge in [-0.1, -0.05) is 89.5 Å². The Kier molecular flexibility index (Phi) is 32.5. The van der Waals surface area contributed by atoms with Crippen LogP contribution in [-0.2, 0) is 67.1 Å². The molecule has 15 N–H and O–H groups in total. The molecule has 0 aromatic rings. The van der Waals surface area contributed by atoms with E-state index in [1.807, 2.05) is 0 Å². The molecule has 4 aliphatic rings. The Labute approximate surface area is 568 Å². The lowest BCUT2D eigenvalue weighted by molar-refractivity contribution is -0.144. The molecule has 4 rings (SSSR count). The number of amides is 13. The number of hydrogen-bond acceptors (Lipinski definition) is 18. The maximum Gasteiger partial charge on any atom is 0.328 e. The molecule has 0 radical (unpaired) electrons. The number of carbonyl (C=O) groups is 14. The second-order valence-electron chi connectivity index (χ2n) is 28.0. The van der Waals surface area contributed by atoms with Crippen molar-refractivity contribution in [1.29, 1.82) is 0 Å². The fraction of sp³-hybridized carbons (Fsp3) is 0.785. The van der Waals surface area contributed by atoms with Crippen LogP contribution in [0.5, 0.6) is 0 Å². The topological polar surface area (TPSA) is 462 Å². The van der Waals surface area contributed by atoms with Crippen LogP contribution in [0.1, 0.15) is 161 Å². The number of aliphatic carboxylic acids is 1. The summed E-state index contributed by atoms with van der Waals surface area (Å²) >= 11 is 0. The van der Waals surface area contributed by atoms with Crippen molar-refractivity contribution in [1.82, 2.24) is 73.2 Å². The number of hydrogen-bond donors (Lipinski definition) is 15. The molecule has 0 aromatic carbocycles. The lowest BCUT2D eigenvalue weighted by Gasteiger charge is -2.32. The summed E-state index contributed by atoms with van der Waals surface area (Å²) in [4.78, 5) is 196. The summed E-state index contributed by atoms with van der Waals surface area (Å²) in [7, 11) is 0. The van der Waals surface area contributed by atoms with E-state index in [-0.39, 0.29) is 63.6 Å². The number of nitrogens with zero attached hydrogens (tertiary/aromatic N) is 3. The van der Waals surface area contributed by atoms with E-state index in [9.17, 15) is 87.5 Å². The van der Waals surface area contributed by atoms with E-state index in [4.69, 9.17) is 0 Å². The molecule has 32 heteroatoms. The van der Waals surface area contributed by atoms with E-state index >= 15 is 0 Å². The van der Waals surface area contributed by atoms with Crippen LogP contribution in [0.25, 0.3) is 0 Å². The van der Waals surface area contributed by atoms with Crippen molar-refractivity contribution in [2.75, 3.05) is 45.9 Å². The summed E-state index contributed by atoms with van der Waals surface area (Å²) in [6, 6.07) is -15.9. The Hall–Kier alpha value is -7.58. The molecule has 0 aliphatic carbocycles. The highest BCUT2D eigenvalue weighted by molar-refractivity contribution is 6.00. The quantitative estimate of drug-likeness (QED) is 0.0293. The number of carbonyl (C=O) groups excluding carboxylic acids is 13. The van der Waals surface area contributed by atoms with Crippen molar-refractivity contribution in [2.24, 2.45) is 35.5 Å². The fourth-order valence-corrected chi connectivity index (χ4v) is 12.4. The number of aliphatic hydroxyl groups is 3. The Morgan fingerprint density at radius 1 is 0.433 bits per heavy atom. The number of likely N-dealkylation sites (tertiary alicyclic amines) is 3. The van der Waals surface area contributed by atoms with Gasteiger partial charge in [-0.3, -0.25) is 62.3 Å². The molecule has 0 aromatic heterocycles. The van der Waals surface area contributed by atoms with Crippen LogP contribution in [0.3, 0.4) is 0 Å². The van der Waals surface area contributed by atoms with Gasteiger partial charge in [0.15, 0.2) is 0 Å². The predicted molar refractivity (Wildman–Crippen MR) is 352 cm³/mol. The summed E-state index contributed by atoms with van der Waals surface area (Å²) < 4.78 is 0. The largest absolute Gasteiger partial charge is 0.480 e. The van der Waals surface area contributed by atoms with Gasteiger partial charge in [-0.2, -0.15) is 0 Å². The molecule has 0 saturated carbocycles. The maximum absolute atomic E-state index is 14.5. The maximum atomic E-state index is 14.5. The van der Waals surface area contributed by atoms with Crippen LogP contribution in [0.2, 0.25) is 0 Å². The van der Waals surface area contributed by atoms with Crippen LogP contribution in [0.4, 0.5) is 0 Å². The van der Waals surface area contributed by atoms with Crippen molar-refractivity contribution >= 4 is 82.8 Å². The van der Waals surface area contributed by atoms with Gasteiger partial charge in [-0.15, -0.1) is 0 Å². The zero-order valence-electron chi connectivity index (χ0n) is 58.6. The van der Waals surface area contributed by atoms with Gasteiger partial charge in [0, 0.05) is 19.6 Å². The van der Waals surface area contributed by atoms with E-state index in [0.29, 0.717) is 38.6 Å². The highest BCUT2D eigenvalue weighted by Gasteiger charge is 2.44. The fourth-order valence-electron chi connectivity index (χ4n) is 12.4. The average Bonchev–Trinajstić information content (AvgIpc) is 1.76. The third kappa shape index (κ3) is 23.3. The minimum atomic E-state index is -1.69. The summed E-state index contributed by atoms with van der Waals surface area (Å²) in [6.07, 6.45) is 2.19. The second-order valence-corrected chi connectivity index (χ2v) is 28.0. The van der Waals surface area contributed by atoms with Crippen LogP contribution < -0.4 is 58.5 Å². The molecule has 548 valence electrons. The lowest BCUT2D eigenvalue weighted by atomic mass is 9.96. The monoisotopic (exact) mass is 1370 g/mol. The third-order valence-corrected chi connectivity index (χ3v) is 18.2. The van der Waals surface area contributed by atoms with Gasteiger partial charge in [0.2, 0.25) is 76.8 Å². The van der Waals surface area contributed by atoms with Gasteiger partial charge in [0.1, 0.15) is 72.5 Å². The van der Waals surface area contributed by atoms with Crippen LogP contribution in [0, 0.1) is 35.5 Å². The first-order valence-electron chi connectivity index (χ1n) is 34.4. The Bertz CT molecular complexity index is 2780. The van der Waals surface area contributed by atoms with E-state index in [1.165, 1.54) is 21.6 Å². The highest BCUT2D eigenvalue weighted by Crippen LogP contribution is 2.24. The van der Waals surface area contributed by atoms with Crippen molar-refractivity contribution < 1.29 is 87.5 Å². The lowest BCUT2D eigenvalue weighted by Crippen LogP contribution is -2.63. The predicted octanol–water partition coefficient (Wildman–Crippen LogP) is -3.25. The summed E-state index contributed by atoms with van der Waals surface area (Å²) in [5.74, 6) is -13.5. The standard InChI is InChI=1S/C65H110N14O18/c1-14-37(12)51(61(92)68-40(27-32(2)3)54(85)71-43(31-81)65(96)97)75-56(87)45-21-16-24-77(45)47(83)29-67-55(86)44-20-17-25-78(44)63(94)41(28-33(4)5)69-62(93)52(38(13)82)76-60(91)50(36(10)11)74-59(90)49(35(8)9)73-58(89)48(34(6)7)72-57(88)46-22-18-26-79(46)64(95)42(30-80)70-53(84)39-19-15-23-66-39/h32-46,48-52,66,80-82H,14-31H2,1-13H3,(H,67,86)(H,68,92)(H,69,93)(H,70,84)(H,71,85)(H,72,88)(H,73,89)(H,74,90)(H,75,87)(H,76,91)(H,96,97)/t37-,38+,39-,40-,41-,42-,43-,44-,45-,46-,48-,49-,50-,51-,52-/m0/s1. The molecule has 4 aliphatic heterocycles. The molecular formula is C65H110N14O18. The number of carboxylic acids is 1. The van der Waals surface area contributed by atoms with Crippen molar-refractivity contribution in [3.05, 3.63) is 0 Å². The molecule has 0 spiro atoms. The number of rotatable bonds is 36. The van der Waals surface area contributed by atoms with Crippen molar-refractivity contribution in [3.8, 4) is 0 Å². The smallest absolute Gasteiger partial charge is 0.328 e. The Morgan fingerprint density at radius 2 is 0.835 bits per heavy atom.